The molecule has 2 unspecified atom stereocenters. The van der Waals surface area contributed by atoms with Crippen LogP contribution in [-0.2, 0) is 11.4 Å². The molecule has 0 saturated carbocycles. The van der Waals surface area contributed by atoms with Gasteiger partial charge in [0.1, 0.15) is 10.5 Å². The summed E-state index contributed by atoms with van der Waals surface area (Å²) < 4.78 is 54.3. The molecule has 3 nitrogen and oxygen atoms in total. The van der Waals surface area contributed by atoms with Crippen LogP contribution in [0.4, 0.5) is 13.2 Å². The van der Waals surface area contributed by atoms with Crippen molar-refractivity contribution in [3.63, 3.8) is 0 Å². The van der Waals surface area contributed by atoms with Crippen LogP contribution in [0.2, 0.25) is 0 Å². The van der Waals surface area contributed by atoms with Crippen molar-refractivity contribution in [1.29, 1.82) is 0 Å². The molecule has 0 spiro atoms. The minimum Gasteiger partial charge on any atom is -0.598 e. The average Bonchev–Trinajstić information content (AvgIpc) is 2.26. The molecular weight excluding hydrogens is 291 g/mol. The molecule has 0 heterocycles. The summed E-state index contributed by atoms with van der Waals surface area (Å²) in [4.78, 5) is 0. The van der Waals surface area contributed by atoms with Crippen molar-refractivity contribution in [3.05, 3.63) is 29.8 Å². The Labute approximate surface area is 119 Å². The van der Waals surface area contributed by atoms with Crippen molar-refractivity contribution < 1.29 is 22.5 Å². The molecule has 1 aromatic carbocycles. The SMILES string of the molecule is CC(N[S+]([O-])C(C)(C)C)c1ccc(OC(F)(F)F)cc1. The number of hydrogen-bond donors (Lipinski definition) is 1. The lowest BCUT2D eigenvalue weighted by Gasteiger charge is -2.26. The summed E-state index contributed by atoms with van der Waals surface area (Å²) in [5.41, 5.74) is 0.733. The summed E-state index contributed by atoms with van der Waals surface area (Å²) >= 11 is -1.25. The van der Waals surface area contributed by atoms with Crippen LogP contribution in [-0.4, -0.2) is 15.7 Å². The van der Waals surface area contributed by atoms with Crippen LogP contribution < -0.4 is 9.46 Å². The van der Waals surface area contributed by atoms with E-state index in [4.69, 9.17) is 0 Å². The lowest BCUT2D eigenvalue weighted by atomic mass is 10.1. The van der Waals surface area contributed by atoms with Gasteiger partial charge in [0.05, 0.1) is 6.04 Å². The number of hydrogen-bond acceptors (Lipinski definition) is 3. The monoisotopic (exact) mass is 309 g/mol. The van der Waals surface area contributed by atoms with Crippen LogP contribution in [0, 0.1) is 0 Å². The normalized spacial score (nSPS) is 15.8. The Kier molecular flexibility index (Phi) is 5.34. The van der Waals surface area contributed by atoms with E-state index in [1.807, 2.05) is 20.8 Å². The van der Waals surface area contributed by atoms with Gasteiger partial charge in [-0.15, -0.1) is 17.9 Å². The van der Waals surface area contributed by atoms with E-state index >= 15 is 0 Å². The van der Waals surface area contributed by atoms with E-state index in [-0.39, 0.29) is 11.8 Å². The maximum absolute atomic E-state index is 12.0. The third-order valence-electron chi connectivity index (χ3n) is 2.45. The summed E-state index contributed by atoms with van der Waals surface area (Å²) in [6, 6.07) is 5.26. The van der Waals surface area contributed by atoms with Gasteiger partial charge in [-0.1, -0.05) is 12.1 Å². The van der Waals surface area contributed by atoms with E-state index < -0.39 is 22.5 Å². The molecule has 0 amide bonds. The number of benzene rings is 1. The van der Waals surface area contributed by atoms with Gasteiger partial charge in [-0.25, -0.2) is 0 Å². The highest BCUT2D eigenvalue weighted by atomic mass is 32.2. The summed E-state index contributed by atoms with van der Waals surface area (Å²) in [5, 5.41) is 0. The fourth-order valence-electron chi connectivity index (χ4n) is 1.36. The van der Waals surface area contributed by atoms with Crippen molar-refractivity contribution in [1.82, 2.24) is 4.72 Å². The highest BCUT2D eigenvalue weighted by Crippen LogP contribution is 2.25. The first-order valence-electron chi connectivity index (χ1n) is 6.03. The lowest BCUT2D eigenvalue weighted by molar-refractivity contribution is -0.274. The lowest BCUT2D eigenvalue weighted by Crippen LogP contribution is -2.40. The first-order valence-corrected chi connectivity index (χ1v) is 7.18. The van der Waals surface area contributed by atoms with E-state index in [1.54, 1.807) is 6.92 Å². The Hall–Kier alpha value is -0.920. The first-order chi connectivity index (χ1) is 8.99. The number of rotatable bonds is 4. The molecule has 0 saturated heterocycles. The highest BCUT2D eigenvalue weighted by Gasteiger charge is 2.31. The minimum absolute atomic E-state index is 0.241. The third-order valence-corrected chi connectivity index (χ3v) is 4.13. The molecule has 0 aliphatic heterocycles. The summed E-state index contributed by atoms with van der Waals surface area (Å²) in [7, 11) is 0. The van der Waals surface area contributed by atoms with Crippen LogP contribution in [0.1, 0.15) is 39.3 Å². The van der Waals surface area contributed by atoms with Gasteiger partial charge in [0.2, 0.25) is 0 Å². The molecule has 0 bridgehead atoms. The maximum Gasteiger partial charge on any atom is 0.573 e. The molecular formula is C13H18F3NO2S. The van der Waals surface area contributed by atoms with Gasteiger partial charge in [0, 0.05) is 11.4 Å². The molecule has 1 N–H and O–H groups in total. The second-order valence-corrected chi connectivity index (χ2v) is 7.34. The fraction of sp³-hybridized carbons (Fsp3) is 0.538. The fourth-order valence-corrected chi connectivity index (χ4v) is 2.17. The van der Waals surface area contributed by atoms with Crippen LogP contribution in [0.25, 0.3) is 0 Å². The van der Waals surface area contributed by atoms with Crippen LogP contribution in [0.5, 0.6) is 5.75 Å². The summed E-state index contributed by atoms with van der Waals surface area (Å²) in [6.07, 6.45) is -4.70. The van der Waals surface area contributed by atoms with E-state index in [9.17, 15) is 17.7 Å². The van der Waals surface area contributed by atoms with Crippen LogP contribution in [0.3, 0.4) is 0 Å². The first kappa shape index (κ1) is 17.1. The van der Waals surface area contributed by atoms with Gasteiger partial charge in [-0.05, 0) is 45.4 Å². The Morgan fingerprint density at radius 2 is 1.65 bits per heavy atom. The standard InChI is InChI=1S/C13H18F3NO2S/c1-9(17-20(18)12(2,3)4)10-5-7-11(8-6-10)19-13(14,15)16/h5-9,17H,1-4H3. The molecule has 1 rings (SSSR count). The van der Waals surface area contributed by atoms with E-state index in [0.717, 1.165) is 5.56 Å². The molecule has 0 aliphatic carbocycles. The van der Waals surface area contributed by atoms with Crippen molar-refractivity contribution in [2.75, 3.05) is 0 Å². The third kappa shape index (κ3) is 5.60. The van der Waals surface area contributed by atoms with Crippen molar-refractivity contribution in [2.45, 2.75) is 44.8 Å². The predicted molar refractivity (Wildman–Crippen MR) is 72.6 cm³/mol. The van der Waals surface area contributed by atoms with Gasteiger partial charge in [-0.3, -0.25) is 0 Å². The number of nitrogens with one attached hydrogen (secondary N) is 1. The molecule has 20 heavy (non-hydrogen) atoms. The quantitative estimate of drug-likeness (QED) is 0.863. The maximum atomic E-state index is 12.0. The summed E-state index contributed by atoms with van der Waals surface area (Å²) in [6.45, 7) is 7.30. The Bertz CT molecular complexity index is 429. The second-order valence-electron chi connectivity index (χ2n) is 5.34. The zero-order chi connectivity index (χ0) is 15.6. The van der Waals surface area contributed by atoms with Crippen molar-refractivity contribution in [3.8, 4) is 5.75 Å². The van der Waals surface area contributed by atoms with Crippen molar-refractivity contribution in [2.24, 2.45) is 0 Å². The molecule has 0 aromatic heterocycles. The van der Waals surface area contributed by atoms with E-state index in [0.29, 0.717) is 0 Å². The van der Waals surface area contributed by atoms with Gasteiger partial charge in [0.25, 0.3) is 0 Å². The van der Waals surface area contributed by atoms with Gasteiger partial charge < -0.3 is 9.29 Å². The largest absolute Gasteiger partial charge is 0.598 e. The molecule has 7 heteroatoms. The van der Waals surface area contributed by atoms with Gasteiger partial charge >= 0.3 is 6.36 Å². The zero-order valence-corrected chi connectivity index (χ0v) is 12.6. The Morgan fingerprint density at radius 1 is 1.15 bits per heavy atom. The van der Waals surface area contributed by atoms with Crippen molar-refractivity contribution >= 4 is 11.4 Å². The zero-order valence-electron chi connectivity index (χ0n) is 11.7. The second kappa shape index (κ2) is 6.24. The molecule has 0 aliphatic rings. The van der Waals surface area contributed by atoms with E-state index in [1.165, 1.54) is 24.3 Å². The van der Waals surface area contributed by atoms with E-state index in [2.05, 4.69) is 9.46 Å². The van der Waals surface area contributed by atoms with Gasteiger partial charge in [-0.2, -0.15) is 0 Å². The Morgan fingerprint density at radius 3 is 2.05 bits per heavy atom. The molecule has 0 radical (unpaired) electrons. The minimum atomic E-state index is -4.70. The molecule has 114 valence electrons. The van der Waals surface area contributed by atoms with Crippen LogP contribution >= 0.6 is 0 Å². The highest BCUT2D eigenvalue weighted by molar-refractivity contribution is 7.90. The number of ether oxygens (including phenoxy) is 1. The molecule has 2 atom stereocenters. The number of alkyl halides is 3. The summed E-state index contributed by atoms with van der Waals surface area (Å²) in [5.74, 6) is -0.273. The Balaban J connectivity index is 2.69. The average molecular weight is 309 g/mol. The van der Waals surface area contributed by atoms with Crippen LogP contribution in [0.15, 0.2) is 24.3 Å². The predicted octanol–water partition coefficient (Wildman–Crippen LogP) is 3.70. The van der Waals surface area contributed by atoms with Gasteiger partial charge in [0.15, 0.2) is 0 Å². The molecule has 1 aromatic rings. The topological polar surface area (TPSA) is 44.3 Å². The number of halogens is 3. The molecule has 0 fully saturated rings. The smallest absolute Gasteiger partial charge is 0.573 e.